The molecule has 5 heteroatoms. The molecule has 0 aliphatic rings. The summed E-state index contributed by atoms with van der Waals surface area (Å²) in [6, 6.07) is 11.3. The molecule has 3 N–H and O–H groups in total. The first-order chi connectivity index (χ1) is 9.47. The second-order valence-electron chi connectivity index (χ2n) is 4.52. The fourth-order valence-electron chi connectivity index (χ4n) is 1.83. The number of halogens is 2. The van der Waals surface area contributed by atoms with Gasteiger partial charge >= 0.3 is 0 Å². The van der Waals surface area contributed by atoms with E-state index in [1.54, 1.807) is 12.1 Å². The monoisotopic (exact) mass is 336 g/mol. The van der Waals surface area contributed by atoms with Crippen LogP contribution in [-0.4, -0.2) is 5.91 Å². The van der Waals surface area contributed by atoms with Crippen LogP contribution in [0.5, 0.6) is 0 Å². The van der Waals surface area contributed by atoms with Crippen molar-refractivity contribution >= 4 is 27.5 Å². The maximum absolute atomic E-state index is 13.6. The Morgan fingerprint density at radius 3 is 2.45 bits per heavy atom. The van der Waals surface area contributed by atoms with Gasteiger partial charge in [-0.2, -0.15) is 0 Å². The average Bonchev–Trinajstić information content (AvgIpc) is 2.41. The molecule has 1 atom stereocenters. The molecule has 104 valence electrons. The highest BCUT2D eigenvalue weighted by molar-refractivity contribution is 9.10. The van der Waals surface area contributed by atoms with Gasteiger partial charge in [0.25, 0.3) is 0 Å². The van der Waals surface area contributed by atoms with Gasteiger partial charge in [0.1, 0.15) is 11.9 Å². The van der Waals surface area contributed by atoms with Crippen molar-refractivity contribution < 1.29 is 9.18 Å². The molecule has 2 aromatic carbocycles. The summed E-state index contributed by atoms with van der Waals surface area (Å²) in [6.45, 7) is 1.97. The van der Waals surface area contributed by atoms with E-state index in [1.807, 2.05) is 31.2 Å². The van der Waals surface area contributed by atoms with E-state index in [0.717, 1.165) is 11.3 Å². The predicted octanol–water partition coefficient (Wildman–Crippen LogP) is 3.54. The minimum atomic E-state index is -0.777. The molecule has 1 amide bonds. The molecule has 0 aromatic heterocycles. The Labute approximate surface area is 125 Å². The molecule has 1 unspecified atom stereocenters. The number of nitrogens with two attached hydrogens (primary N) is 1. The number of nitrogens with one attached hydrogen (secondary N) is 1. The van der Waals surface area contributed by atoms with Crippen LogP contribution in [0.3, 0.4) is 0 Å². The number of hydrogen-bond donors (Lipinski definition) is 2. The van der Waals surface area contributed by atoms with Gasteiger partial charge in [0.15, 0.2) is 0 Å². The van der Waals surface area contributed by atoms with E-state index in [-0.39, 0.29) is 0 Å². The van der Waals surface area contributed by atoms with Crippen molar-refractivity contribution in [1.82, 2.24) is 0 Å². The highest BCUT2D eigenvalue weighted by Gasteiger charge is 2.18. The number of primary amides is 1. The molecular formula is C15H14BrFN2O. The van der Waals surface area contributed by atoms with Gasteiger partial charge in [0.2, 0.25) is 5.91 Å². The van der Waals surface area contributed by atoms with Gasteiger partial charge in [-0.05, 0) is 52.7 Å². The van der Waals surface area contributed by atoms with Crippen LogP contribution < -0.4 is 11.1 Å². The first kappa shape index (κ1) is 14.5. The van der Waals surface area contributed by atoms with Crippen molar-refractivity contribution in [2.45, 2.75) is 13.0 Å². The van der Waals surface area contributed by atoms with Crippen LogP contribution in [0, 0.1) is 12.7 Å². The van der Waals surface area contributed by atoms with Crippen molar-refractivity contribution in [1.29, 1.82) is 0 Å². The predicted molar refractivity (Wildman–Crippen MR) is 80.8 cm³/mol. The summed E-state index contributed by atoms with van der Waals surface area (Å²) < 4.78 is 13.9. The van der Waals surface area contributed by atoms with Crippen LogP contribution in [0.4, 0.5) is 10.1 Å². The molecule has 2 aromatic rings. The first-order valence-corrected chi connectivity index (χ1v) is 6.84. The minimum Gasteiger partial charge on any atom is -0.370 e. The highest BCUT2D eigenvalue weighted by Crippen LogP contribution is 2.24. The van der Waals surface area contributed by atoms with Crippen LogP contribution >= 0.6 is 15.9 Å². The molecule has 0 radical (unpaired) electrons. The number of anilines is 1. The Morgan fingerprint density at radius 2 is 1.90 bits per heavy atom. The van der Waals surface area contributed by atoms with E-state index >= 15 is 0 Å². The second-order valence-corrected chi connectivity index (χ2v) is 5.37. The lowest BCUT2D eigenvalue weighted by molar-refractivity contribution is -0.118. The summed E-state index contributed by atoms with van der Waals surface area (Å²) in [5.41, 5.74) is 7.75. The molecule has 0 fully saturated rings. The number of amides is 1. The molecular weight excluding hydrogens is 323 g/mol. The molecule has 0 bridgehead atoms. The van der Waals surface area contributed by atoms with Crippen LogP contribution in [0.15, 0.2) is 46.9 Å². The molecule has 0 aliphatic heterocycles. The third-order valence-electron chi connectivity index (χ3n) is 2.92. The Hall–Kier alpha value is -1.88. The molecule has 0 aliphatic carbocycles. The van der Waals surface area contributed by atoms with Gasteiger partial charge < -0.3 is 11.1 Å². The van der Waals surface area contributed by atoms with Crippen molar-refractivity contribution in [3.05, 3.63) is 63.9 Å². The van der Waals surface area contributed by atoms with Crippen LogP contribution in [-0.2, 0) is 4.79 Å². The number of carbonyl (C=O) groups is 1. The zero-order chi connectivity index (χ0) is 14.7. The van der Waals surface area contributed by atoms with Crippen molar-refractivity contribution in [3.63, 3.8) is 0 Å². The molecule has 20 heavy (non-hydrogen) atoms. The SMILES string of the molecule is Cc1ccc(NC(C(N)=O)c2ccc(Br)c(F)c2)cc1. The van der Waals surface area contributed by atoms with Gasteiger partial charge in [0.05, 0.1) is 4.47 Å². The van der Waals surface area contributed by atoms with Crippen LogP contribution in [0.2, 0.25) is 0 Å². The van der Waals surface area contributed by atoms with Crippen LogP contribution in [0.1, 0.15) is 17.2 Å². The fourth-order valence-corrected chi connectivity index (χ4v) is 2.07. The largest absolute Gasteiger partial charge is 0.370 e. The quantitative estimate of drug-likeness (QED) is 0.897. The van der Waals surface area contributed by atoms with Gasteiger partial charge in [0, 0.05) is 5.69 Å². The maximum atomic E-state index is 13.6. The van der Waals surface area contributed by atoms with E-state index in [1.165, 1.54) is 6.07 Å². The molecule has 0 saturated heterocycles. The normalized spacial score (nSPS) is 11.9. The zero-order valence-corrected chi connectivity index (χ0v) is 12.4. The van der Waals surface area contributed by atoms with Gasteiger partial charge in [-0.25, -0.2) is 4.39 Å². The molecule has 0 spiro atoms. The van der Waals surface area contributed by atoms with Gasteiger partial charge in [-0.3, -0.25) is 4.79 Å². The van der Waals surface area contributed by atoms with Gasteiger partial charge in [-0.1, -0.05) is 23.8 Å². The first-order valence-electron chi connectivity index (χ1n) is 6.05. The lowest BCUT2D eigenvalue weighted by Crippen LogP contribution is -2.27. The summed E-state index contributed by atoms with van der Waals surface area (Å²) in [7, 11) is 0. The van der Waals surface area contributed by atoms with E-state index in [0.29, 0.717) is 10.0 Å². The molecule has 2 rings (SSSR count). The third-order valence-corrected chi connectivity index (χ3v) is 3.57. The standard InChI is InChI=1S/C15H14BrFN2O/c1-9-2-5-11(6-3-9)19-14(15(18)20)10-4-7-12(16)13(17)8-10/h2-8,14,19H,1H3,(H2,18,20). The van der Waals surface area contributed by atoms with E-state index in [4.69, 9.17) is 5.73 Å². The zero-order valence-electron chi connectivity index (χ0n) is 10.9. The Morgan fingerprint density at radius 1 is 1.25 bits per heavy atom. The number of benzene rings is 2. The lowest BCUT2D eigenvalue weighted by Gasteiger charge is -2.17. The molecule has 0 heterocycles. The highest BCUT2D eigenvalue weighted by atomic mass is 79.9. The number of hydrogen-bond acceptors (Lipinski definition) is 2. The summed E-state index contributed by atoms with van der Waals surface area (Å²) in [6.07, 6.45) is 0. The Bertz CT molecular complexity index is 628. The summed E-state index contributed by atoms with van der Waals surface area (Å²) in [5, 5.41) is 3.01. The average molecular weight is 337 g/mol. The van der Waals surface area contributed by atoms with E-state index in [9.17, 15) is 9.18 Å². The Balaban J connectivity index is 2.29. The Kier molecular flexibility index (Phi) is 4.39. The topological polar surface area (TPSA) is 55.1 Å². The fraction of sp³-hybridized carbons (Fsp3) is 0.133. The summed E-state index contributed by atoms with van der Waals surface area (Å²) >= 11 is 3.08. The maximum Gasteiger partial charge on any atom is 0.244 e. The van der Waals surface area contributed by atoms with Crippen molar-refractivity contribution in [3.8, 4) is 0 Å². The van der Waals surface area contributed by atoms with Crippen molar-refractivity contribution in [2.75, 3.05) is 5.32 Å². The number of rotatable bonds is 4. The molecule has 0 saturated carbocycles. The summed E-state index contributed by atoms with van der Waals surface area (Å²) in [4.78, 5) is 11.6. The van der Waals surface area contributed by atoms with Gasteiger partial charge in [-0.15, -0.1) is 0 Å². The van der Waals surface area contributed by atoms with E-state index in [2.05, 4.69) is 21.2 Å². The van der Waals surface area contributed by atoms with Crippen LogP contribution in [0.25, 0.3) is 0 Å². The second kappa shape index (κ2) is 6.05. The summed E-state index contributed by atoms with van der Waals surface area (Å²) in [5.74, 6) is -0.994. The minimum absolute atomic E-state index is 0.347. The smallest absolute Gasteiger partial charge is 0.244 e. The number of carbonyl (C=O) groups excluding carboxylic acids is 1. The third kappa shape index (κ3) is 3.36. The van der Waals surface area contributed by atoms with Crippen molar-refractivity contribution in [2.24, 2.45) is 5.73 Å². The number of aryl methyl sites for hydroxylation is 1. The molecule has 3 nitrogen and oxygen atoms in total. The lowest BCUT2D eigenvalue weighted by atomic mass is 10.1. The van der Waals surface area contributed by atoms with E-state index < -0.39 is 17.8 Å².